The number of nitrogens with two attached hydrogens (primary N) is 1. The Hall–Kier alpha value is -4.15. The summed E-state index contributed by atoms with van der Waals surface area (Å²) in [6, 6.07) is 28.9. The summed E-state index contributed by atoms with van der Waals surface area (Å²) in [5.74, 6) is 0.287. The van der Waals surface area contributed by atoms with Crippen LogP contribution in [-0.2, 0) is 26.7 Å². The molecule has 2 unspecified atom stereocenters. The zero-order chi connectivity index (χ0) is 30.0. The van der Waals surface area contributed by atoms with Gasteiger partial charge in [0.2, 0.25) is 5.88 Å². The van der Waals surface area contributed by atoms with E-state index in [0.29, 0.717) is 13.0 Å². The quantitative estimate of drug-likeness (QED) is 0.296. The molecule has 0 spiro atoms. The van der Waals surface area contributed by atoms with E-state index in [0.717, 1.165) is 16.7 Å². The highest BCUT2D eigenvalue weighted by Gasteiger charge is 2.39. The Morgan fingerprint density at radius 1 is 0.976 bits per heavy atom. The predicted octanol–water partition coefficient (Wildman–Crippen LogP) is 5.59. The van der Waals surface area contributed by atoms with Crippen LogP contribution in [0.3, 0.4) is 0 Å². The number of fused-ring (bicyclic) bond motifs is 1. The molecule has 0 saturated carbocycles. The SMILES string of the molecule is CN(C(=O)OC(C)(C)C)C1CCOc2c(S(N)(=O)=NC(c3ccccc3)(c3ccccc3)c3ccccc3)cnn2C1. The van der Waals surface area contributed by atoms with Crippen molar-refractivity contribution < 1.29 is 18.5 Å². The van der Waals surface area contributed by atoms with Crippen molar-refractivity contribution in [1.29, 1.82) is 0 Å². The average molecular weight is 588 g/mol. The summed E-state index contributed by atoms with van der Waals surface area (Å²) in [4.78, 5) is 14.5. The van der Waals surface area contributed by atoms with E-state index in [4.69, 9.17) is 19.0 Å². The van der Waals surface area contributed by atoms with Crippen LogP contribution < -0.4 is 9.88 Å². The largest absolute Gasteiger partial charge is 0.477 e. The monoisotopic (exact) mass is 587 g/mol. The van der Waals surface area contributed by atoms with E-state index in [1.165, 1.54) is 6.20 Å². The van der Waals surface area contributed by atoms with Crippen LogP contribution in [-0.4, -0.2) is 50.3 Å². The first-order valence-electron chi connectivity index (χ1n) is 13.9. The molecule has 9 nitrogen and oxygen atoms in total. The lowest BCUT2D eigenvalue weighted by atomic mass is 9.78. The van der Waals surface area contributed by atoms with Crippen molar-refractivity contribution in [1.82, 2.24) is 14.7 Å². The minimum atomic E-state index is -3.59. The van der Waals surface area contributed by atoms with Crippen molar-refractivity contribution in [2.45, 2.75) is 55.8 Å². The van der Waals surface area contributed by atoms with E-state index < -0.39 is 27.1 Å². The molecule has 220 valence electrons. The molecule has 1 aliphatic heterocycles. The van der Waals surface area contributed by atoms with Crippen molar-refractivity contribution in [2.75, 3.05) is 13.7 Å². The standard InChI is InChI=1S/C32H37N5O4S/c1-31(2,3)41-30(38)36(4)27-20-21-40-29-28(22-34-37(29)23-27)42(33,39)35-32(24-14-8-5-9-15-24,25-16-10-6-11-17-25)26-18-12-7-13-19-26/h5-19,22,27H,20-21,23H2,1-4H3,(H2,33,35,39). The van der Waals surface area contributed by atoms with Crippen LogP contribution in [0.4, 0.5) is 4.79 Å². The van der Waals surface area contributed by atoms with Crippen LogP contribution in [0.1, 0.15) is 43.9 Å². The van der Waals surface area contributed by atoms with Crippen molar-refractivity contribution in [3.63, 3.8) is 0 Å². The van der Waals surface area contributed by atoms with Crippen molar-refractivity contribution in [3.05, 3.63) is 114 Å². The van der Waals surface area contributed by atoms with Gasteiger partial charge in [0.1, 0.15) is 26.0 Å². The van der Waals surface area contributed by atoms with Gasteiger partial charge in [0, 0.05) is 13.5 Å². The Morgan fingerprint density at radius 2 is 1.48 bits per heavy atom. The van der Waals surface area contributed by atoms with E-state index in [-0.39, 0.29) is 23.4 Å². The summed E-state index contributed by atoms with van der Waals surface area (Å²) >= 11 is 0. The molecule has 0 fully saturated rings. The van der Waals surface area contributed by atoms with E-state index in [1.807, 2.05) is 112 Å². The van der Waals surface area contributed by atoms with Gasteiger partial charge in [0.25, 0.3) is 0 Å². The molecule has 10 heteroatoms. The Labute approximate surface area is 247 Å². The fourth-order valence-corrected chi connectivity index (χ4v) is 6.60. The summed E-state index contributed by atoms with van der Waals surface area (Å²) < 4.78 is 32.9. The zero-order valence-corrected chi connectivity index (χ0v) is 25.2. The maximum Gasteiger partial charge on any atom is 0.410 e. The van der Waals surface area contributed by atoms with Gasteiger partial charge < -0.3 is 14.4 Å². The number of hydrogen-bond acceptors (Lipinski definition) is 6. The summed E-state index contributed by atoms with van der Waals surface area (Å²) in [6.45, 7) is 6.08. The Kier molecular flexibility index (Phi) is 8.12. The van der Waals surface area contributed by atoms with Gasteiger partial charge in [0.05, 0.1) is 25.4 Å². The van der Waals surface area contributed by atoms with Gasteiger partial charge in [-0.25, -0.2) is 18.8 Å². The number of carbonyl (C=O) groups excluding carboxylic acids is 1. The van der Waals surface area contributed by atoms with Crippen LogP contribution in [0.5, 0.6) is 5.88 Å². The molecular weight excluding hydrogens is 550 g/mol. The van der Waals surface area contributed by atoms with E-state index >= 15 is 0 Å². The number of likely N-dealkylation sites (N-methyl/N-ethyl adjacent to an activating group) is 1. The second-order valence-electron chi connectivity index (χ2n) is 11.3. The maximum absolute atomic E-state index is 14.6. The van der Waals surface area contributed by atoms with E-state index in [2.05, 4.69) is 5.10 Å². The first kappa shape index (κ1) is 29.3. The molecule has 1 aliphatic rings. The highest BCUT2D eigenvalue weighted by molar-refractivity contribution is 7.91. The highest BCUT2D eigenvalue weighted by Crippen LogP contribution is 2.42. The fourth-order valence-electron chi connectivity index (χ4n) is 5.16. The number of ether oxygens (including phenoxy) is 2. The number of nitrogens with zero attached hydrogens (tertiary/aromatic N) is 4. The minimum Gasteiger partial charge on any atom is -0.477 e. The van der Waals surface area contributed by atoms with Crippen LogP contribution in [0.2, 0.25) is 0 Å². The average Bonchev–Trinajstić information content (AvgIpc) is 3.27. The van der Waals surface area contributed by atoms with Gasteiger partial charge in [-0.1, -0.05) is 91.0 Å². The lowest BCUT2D eigenvalue weighted by molar-refractivity contribution is 0.0197. The molecule has 0 bridgehead atoms. The molecule has 0 aliphatic carbocycles. The molecule has 2 atom stereocenters. The lowest BCUT2D eigenvalue weighted by Crippen LogP contribution is -2.42. The third kappa shape index (κ3) is 5.91. The van der Waals surface area contributed by atoms with Crippen LogP contribution in [0.15, 0.2) is 106 Å². The van der Waals surface area contributed by atoms with Gasteiger partial charge >= 0.3 is 6.09 Å². The van der Waals surface area contributed by atoms with Crippen molar-refractivity contribution >= 4 is 16.0 Å². The smallest absolute Gasteiger partial charge is 0.410 e. The van der Waals surface area contributed by atoms with Gasteiger partial charge in [-0.2, -0.15) is 9.46 Å². The van der Waals surface area contributed by atoms with E-state index in [9.17, 15) is 9.00 Å². The Bertz CT molecular complexity index is 1550. The molecule has 5 rings (SSSR count). The fraction of sp³-hybridized carbons (Fsp3) is 0.312. The molecule has 2 N–H and O–H groups in total. The van der Waals surface area contributed by atoms with E-state index in [1.54, 1.807) is 16.6 Å². The molecule has 2 heterocycles. The number of hydrogen-bond donors (Lipinski definition) is 1. The molecule has 1 aromatic heterocycles. The number of rotatable bonds is 6. The van der Waals surface area contributed by atoms with Gasteiger partial charge in [0.15, 0.2) is 0 Å². The number of amides is 1. The Balaban J connectivity index is 1.62. The second-order valence-corrected chi connectivity index (χ2v) is 13.1. The first-order chi connectivity index (χ1) is 20.0. The maximum atomic E-state index is 14.6. The minimum absolute atomic E-state index is 0.204. The second kappa shape index (κ2) is 11.6. The summed E-state index contributed by atoms with van der Waals surface area (Å²) in [5.41, 5.74) is 0.650. The molecule has 1 amide bonds. The number of benzene rings is 3. The number of carbonyl (C=O) groups is 1. The number of aromatic nitrogens is 2. The lowest BCUT2D eigenvalue weighted by Gasteiger charge is -2.32. The van der Waals surface area contributed by atoms with Crippen LogP contribution in [0, 0.1) is 0 Å². The normalized spacial score (nSPS) is 16.7. The summed E-state index contributed by atoms with van der Waals surface area (Å²) in [5, 5.41) is 11.2. The molecule has 4 aromatic rings. The summed E-state index contributed by atoms with van der Waals surface area (Å²) in [6.07, 6.45) is 1.56. The molecule has 0 saturated heterocycles. The molecule has 42 heavy (non-hydrogen) atoms. The topological polar surface area (TPSA) is 112 Å². The van der Waals surface area contributed by atoms with Crippen molar-refractivity contribution in [2.24, 2.45) is 9.50 Å². The van der Waals surface area contributed by atoms with Gasteiger partial charge in [-0.15, -0.1) is 0 Å². The molecular formula is C32H37N5O4S. The van der Waals surface area contributed by atoms with Gasteiger partial charge in [-0.05, 0) is 37.5 Å². The summed E-state index contributed by atoms with van der Waals surface area (Å²) in [7, 11) is -1.90. The predicted molar refractivity (Wildman–Crippen MR) is 162 cm³/mol. The molecule has 3 aromatic carbocycles. The third-order valence-corrected chi connectivity index (χ3v) is 8.68. The molecule has 0 radical (unpaired) electrons. The zero-order valence-electron chi connectivity index (χ0n) is 24.3. The highest BCUT2D eigenvalue weighted by atomic mass is 32.2. The van der Waals surface area contributed by atoms with Crippen LogP contribution in [0.25, 0.3) is 0 Å². The van der Waals surface area contributed by atoms with Gasteiger partial charge in [-0.3, -0.25) is 0 Å². The van der Waals surface area contributed by atoms with Crippen LogP contribution >= 0.6 is 0 Å². The van der Waals surface area contributed by atoms with Crippen molar-refractivity contribution in [3.8, 4) is 5.88 Å². The Morgan fingerprint density at radius 3 is 1.95 bits per heavy atom. The third-order valence-electron chi connectivity index (χ3n) is 7.22. The first-order valence-corrected chi connectivity index (χ1v) is 15.5.